The first kappa shape index (κ1) is 12.1. The van der Waals surface area contributed by atoms with Crippen LogP contribution in [0.3, 0.4) is 0 Å². The highest BCUT2D eigenvalue weighted by atomic mass is 35.5. The molecule has 1 saturated carbocycles. The molecule has 16 heavy (non-hydrogen) atoms. The van der Waals surface area contributed by atoms with Crippen molar-refractivity contribution in [3.8, 4) is 0 Å². The standard InChI is InChI=1S/C12H16ClNOS/c13-9-4-3-5-10(8-9)16(15)12-7-2-1-6-11(12)14/h3-5,8,11-12H,1-2,6-7,14H2. The minimum Gasteiger partial charge on any atom is -0.327 e. The third kappa shape index (κ3) is 2.65. The van der Waals surface area contributed by atoms with Crippen LogP contribution in [-0.2, 0) is 10.8 Å². The zero-order valence-corrected chi connectivity index (χ0v) is 10.6. The van der Waals surface area contributed by atoms with Gasteiger partial charge in [-0.3, -0.25) is 4.21 Å². The lowest BCUT2D eigenvalue weighted by molar-refractivity contribution is 0.445. The predicted molar refractivity (Wildman–Crippen MR) is 68.1 cm³/mol. The van der Waals surface area contributed by atoms with Crippen molar-refractivity contribution in [2.45, 2.75) is 41.9 Å². The minimum atomic E-state index is -1.02. The number of hydrogen-bond acceptors (Lipinski definition) is 2. The molecular weight excluding hydrogens is 242 g/mol. The Morgan fingerprint density at radius 2 is 2.06 bits per heavy atom. The topological polar surface area (TPSA) is 43.1 Å². The number of halogens is 1. The fourth-order valence-electron chi connectivity index (χ4n) is 2.16. The SMILES string of the molecule is NC1CCCCC1S(=O)c1cccc(Cl)c1. The summed E-state index contributed by atoms with van der Waals surface area (Å²) in [5, 5.41) is 0.724. The average molecular weight is 258 g/mol. The van der Waals surface area contributed by atoms with Gasteiger partial charge in [0.05, 0.1) is 16.0 Å². The molecule has 0 amide bonds. The van der Waals surface area contributed by atoms with E-state index in [1.165, 1.54) is 0 Å². The van der Waals surface area contributed by atoms with E-state index < -0.39 is 10.8 Å². The Hall–Kier alpha value is -0.380. The molecule has 0 saturated heterocycles. The van der Waals surface area contributed by atoms with Crippen molar-refractivity contribution in [3.63, 3.8) is 0 Å². The summed E-state index contributed by atoms with van der Waals surface area (Å²) in [5.74, 6) is 0. The van der Waals surface area contributed by atoms with Crippen molar-refractivity contribution in [2.24, 2.45) is 5.73 Å². The van der Waals surface area contributed by atoms with Crippen LogP contribution in [0.1, 0.15) is 25.7 Å². The van der Waals surface area contributed by atoms with E-state index in [0.29, 0.717) is 5.02 Å². The summed E-state index contributed by atoms with van der Waals surface area (Å²) < 4.78 is 12.3. The smallest absolute Gasteiger partial charge is 0.0577 e. The second kappa shape index (κ2) is 5.30. The maximum absolute atomic E-state index is 12.3. The van der Waals surface area contributed by atoms with Crippen LogP contribution in [0.15, 0.2) is 29.2 Å². The first-order valence-corrected chi connectivity index (χ1v) is 7.19. The van der Waals surface area contributed by atoms with Gasteiger partial charge in [-0.05, 0) is 31.0 Å². The van der Waals surface area contributed by atoms with Gasteiger partial charge < -0.3 is 5.73 Å². The van der Waals surface area contributed by atoms with Crippen molar-refractivity contribution < 1.29 is 4.21 Å². The largest absolute Gasteiger partial charge is 0.327 e. The lowest BCUT2D eigenvalue weighted by Crippen LogP contribution is -2.40. The van der Waals surface area contributed by atoms with Gasteiger partial charge in [0.2, 0.25) is 0 Å². The minimum absolute atomic E-state index is 0.0635. The van der Waals surface area contributed by atoms with E-state index in [4.69, 9.17) is 17.3 Å². The van der Waals surface area contributed by atoms with Crippen LogP contribution in [0.25, 0.3) is 0 Å². The van der Waals surface area contributed by atoms with Crippen LogP contribution >= 0.6 is 11.6 Å². The highest BCUT2D eigenvalue weighted by molar-refractivity contribution is 7.85. The van der Waals surface area contributed by atoms with Gasteiger partial charge >= 0.3 is 0 Å². The predicted octanol–water partition coefficient (Wildman–Crippen LogP) is 2.72. The molecule has 2 N–H and O–H groups in total. The Labute approximate surface area is 104 Å². The van der Waals surface area contributed by atoms with Gasteiger partial charge in [-0.25, -0.2) is 0 Å². The molecule has 0 spiro atoms. The van der Waals surface area contributed by atoms with Gasteiger partial charge in [-0.2, -0.15) is 0 Å². The molecule has 1 aromatic rings. The molecule has 2 nitrogen and oxygen atoms in total. The Kier molecular flexibility index (Phi) is 4.00. The summed E-state index contributed by atoms with van der Waals surface area (Å²) in [6, 6.07) is 7.34. The number of hydrogen-bond donors (Lipinski definition) is 1. The first-order valence-electron chi connectivity index (χ1n) is 5.60. The summed E-state index contributed by atoms with van der Waals surface area (Å²) in [5.41, 5.74) is 6.03. The van der Waals surface area contributed by atoms with E-state index in [2.05, 4.69) is 0 Å². The fraction of sp³-hybridized carbons (Fsp3) is 0.500. The van der Waals surface area contributed by atoms with E-state index >= 15 is 0 Å². The maximum atomic E-state index is 12.3. The van der Waals surface area contributed by atoms with Gasteiger partial charge in [0.25, 0.3) is 0 Å². The summed E-state index contributed by atoms with van der Waals surface area (Å²) >= 11 is 5.90. The van der Waals surface area contributed by atoms with E-state index in [9.17, 15) is 4.21 Å². The molecular formula is C12H16ClNOS. The van der Waals surface area contributed by atoms with Crippen molar-refractivity contribution in [1.29, 1.82) is 0 Å². The molecule has 1 aliphatic rings. The van der Waals surface area contributed by atoms with Crippen LogP contribution in [0, 0.1) is 0 Å². The molecule has 88 valence electrons. The van der Waals surface area contributed by atoms with Crippen molar-refractivity contribution in [2.75, 3.05) is 0 Å². The van der Waals surface area contributed by atoms with Gasteiger partial charge in [0.15, 0.2) is 0 Å². The Morgan fingerprint density at radius 3 is 2.75 bits per heavy atom. The molecule has 0 bridgehead atoms. The quantitative estimate of drug-likeness (QED) is 0.885. The molecule has 3 atom stereocenters. The molecule has 2 rings (SSSR count). The summed E-state index contributed by atoms with van der Waals surface area (Å²) in [6.07, 6.45) is 4.23. The first-order chi connectivity index (χ1) is 7.68. The van der Waals surface area contributed by atoms with E-state index in [0.717, 1.165) is 30.6 Å². The van der Waals surface area contributed by atoms with Crippen molar-refractivity contribution in [1.82, 2.24) is 0 Å². The van der Waals surface area contributed by atoms with Crippen LogP contribution in [0.4, 0.5) is 0 Å². The third-order valence-corrected chi connectivity index (χ3v) is 5.15. The molecule has 1 fully saturated rings. The second-order valence-electron chi connectivity index (χ2n) is 4.24. The molecule has 0 radical (unpaired) electrons. The van der Waals surface area contributed by atoms with Crippen LogP contribution in [0.5, 0.6) is 0 Å². The molecule has 4 heteroatoms. The summed E-state index contributed by atoms with van der Waals surface area (Å²) in [4.78, 5) is 0.801. The highest BCUT2D eigenvalue weighted by Crippen LogP contribution is 2.26. The van der Waals surface area contributed by atoms with Crippen molar-refractivity contribution >= 4 is 22.4 Å². The zero-order chi connectivity index (χ0) is 11.5. The van der Waals surface area contributed by atoms with E-state index in [-0.39, 0.29) is 11.3 Å². The lowest BCUT2D eigenvalue weighted by Gasteiger charge is -2.27. The number of nitrogens with two attached hydrogens (primary N) is 1. The van der Waals surface area contributed by atoms with Gasteiger partial charge in [0.1, 0.15) is 0 Å². The second-order valence-corrected chi connectivity index (χ2v) is 6.35. The normalized spacial score (nSPS) is 27.6. The highest BCUT2D eigenvalue weighted by Gasteiger charge is 2.27. The van der Waals surface area contributed by atoms with E-state index in [1.54, 1.807) is 12.1 Å². The molecule has 1 aromatic carbocycles. The number of rotatable bonds is 2. The van der Waals surface area contributed by atoms with Gasteiger partial charge in [-0.15, -0.1) is 0 Å². The Morgan fingerprint density at radius 1 is 1.31 bits per heavy atom. The molecule has 1 aliphatic carbocycles. The Balaban J connectivity index is 2.17. The van der Waals surface area contributed by atoms with E-state index in [1.807, 2.05) is 12.1 Å². The number of benzene rings is 1. The van der Waals surface area contributed by atoms with Crippen LogP contribution in [-0.4, -0.2) is 15.5 Å². The summed E-state index contributed by atoms with van der Waals surface area (Å²) in [6.45, 7) is 0. The lowest BCUT2D eigenvalue weighted by atomic mass is 9.96. The van der Waals surface area contributed by atoms with Gasteiger partial charge in [0, 0.05) is 16.0 Å². The van der Waals surface area contributed by atoms with Crippen LogP contribution in [0.2, 0.25) is 5.02 Å². The Bertz CT molecular complexity index is 396. The average Bonchev–Trinajstić information content (AvgIpc) is 2.29. The van der Waals surface area contributed by atoms with Gasteiger partial charge in [-0.1, -0.05) is 30.5 Å². The molecule has 0 heterocycles. The zero-order valence-electron chi connectivity index (χ0n) is 9.06. The maximum Gasteiger partial charge on any atom is 0.0577 e. The molecule has 0 aromatic heterocycles. The third-order valence-electron chi connectivity index (χ3n) is 3.06. The molecule has 0 aliphatic heterocycles. The summed E-state index contributed by atoms with van der Waals surface area (Å²) in [7, 11) is -1.02. The van der Waals surface area contributed by atoms with Crippen LogP contribution < -0.4 is 5.73 Å². The monoisotopic (exact) mass is 257 g/mol. The fourth-order valence-corrected chi connectivity index (χ4v) is 4.05. The molecule has 3 unspecified atom stereocenters. The van der Waals surface area contributed by atoms with Crippen molar-refractivity contribution in [3.05, 3.63) is 29.3 Å².